The molecular formula is C23H27N3O2. The average molecular weight is 377 g/mol. The van der Waals surface area contributed by atoms with E-state index in [9.17, 15) is 4.79 Å². The predicted octanol–water partition coefficient (Wildman–Crippen LogP) is 4.59. The van der Waals surface area contributed by atoms with Gasteiger partial charge in [-0.1, -0.05) is 24.3 Å². The Labute approximate surface area is 166 Å². The zero-order chi connectivity index (χ0) is 19.0. The van der Waals surface area contributed by atoms with Crippen LogP contribution in [0.1, 0.15) is 62.2 Å². The minimum Gasteiger partial charge on any atom is -0.487 e. The average Bonchev–Trinajstić information content (AvgIpc) is 3.47. The van der Waals surface area contributed by atoms with Gasteiger partial charge in [0, 0.05) is 24.2 Å². The van der Waals surface area contributed by atoms with Crippen LogP contribution in [-0.2, 0) is 6.54 Å². The van der Waals surface area contributed by atoms with Gasteiger partial charge in [0.2, 0.25) is 0 Å². The lowest BCUT2D eigenvalue weighted by Gasteiger charge is -2.40. The predicted molar refractivity (Wildman–Crippen MR) is 107 cm³/mol. The van der Waals surface area contributed by atoms with E-state index in [1.807, 2.05) is 41.3 Å². The number of carbonyl (C=O) groups excluding carboxylic acids is 1. The highest BCUT2D eigenvalue weighted by Crippen LogP contribution is 2.47. The molecule has 0 bridgehead atoms. The topological polar surface area (TPSA) is 54.5 Å². The number of aromatic nitrogens is 1. The van der Waals surface area contributed by atoms with Crippen LogP contribution in [0.3, 0.4) is 0 Å². The van der Waals surface area contributed by atoms with Crippen LogP contribution in [0, 0.1) is 0 Å². The number of nitrogens with one attached hydrogen (secondary N) is 1. The SMILES string of the molecule is O=C(NC1CC2(CCCC2)Oc2ccccc21)N(Cc1ccccn1)C1CC1. The first-order valence-corrected chi connectivity index (χ1v) is 10.5. The molecule has 5 nitrogen and oxygen atoms in total. The van der Waals surface area contributed by atoms with E-state index in [0.29, 0.717) is 12.6 Å². The molecule has 1 aromatic heterocycles. The second-order valence-electron chi connectivity index (χ2n) is 8.42. The molecular weight excluding hydrogens is 350 g/mol. The van der Waals surface area contributed by atoms with Gasteiger partial charge < -0.3 is 15.0 Å². The van der Waals surface area contributed by atoms with Crippen molar-refractivity contribution in [2.75, 3.05) is 0 Å². The fourth-order valence-electron chi connectivity index (χ4n) is 4.72. The lowest BCUT2D eigenvalue weighted by molar-refractivity contribution is 0.0374. The first-order valence-electron chi connectivity index (χ1n) is 10.5. The van der Waals surface area contributed by atoms with Crippen LogP contribution < -0.4 is 10.1 Å². The third-order valence-electron chi connectivity index (χ3n) is 6.32. The number of rotatable bonds is 4. The quantitative estimate of drug-likeness (QED) is 0.848. The third kappa shape index (κ3) is 3.46. The lowest BCUT2D eigenvalue weighted by Crippen LogP contribution is -2.47. The van der Waals surface area contributed by atoms with Crippen molar-refractivity contribution in [3.8, 4) is 5.75 Å². The molecule has 1 aliphatic heterocycles. The van der Waals surface area contributed by atoms with Crippen molar-refractivity contribution in [1.29, 1.82) is 0 Å². The molecule has 2 heterocycles. The standard InChI is InChI=1S/C23H27N3O2/c27-22(26(18-10-11-18)16-17-7-3-6-14-24-17)25-20-15-23(12-4-5-13-23)28-21-9-2-1-8-19(20)21/h1-3,6-9,14,18,20H,4-5,10-13,15-16H2,(H,25,27). The molecule has 1 aromatic carbocycles. The number of carbonyl (C=O) groups is 1. The fourth-order valence-corrected chi connectivity index (χ4v) is 4.72. The van der Waals surface area contributed by atoms with E-state index >= 15 is 0 Å². The number of para-hydroxylation sites is 1. The maximum atomic E-state index is 13.3. The molecule has 2 aliphatic carbocycles. The number of fused-ring (bicyclic) bond motifs is 1. The van der Waals surface area contributed by atoms with Gasteiger partial charge in [0.15, 0.2) is 0 Å². The smallest absolute Gasteiger partial charge is 0.318 e. The summed E-state index contributed by atoms with van der Waals surface area (Å²) in [5, 5.41) is 3.35. The van der Waals surface area contributed by atoms with Crippen molar-refractivity contribution in [3.63, 3.8) is 0 Å². The normalized spacial score (nSPS) is 22.4. The van der Waals surface area contributed by atoms with Gasteiger partial charge >= 0.3 is 6.03 Å². The second-order valence-corrected chi connectivity index (χ2v) is 8.42. The molecule has 3 aliphatic rings. The summed E-state index contributed by atoms with van der Waals surface area (Å²) in [4.78, 5) is 19.6. The molecule has 1 N–H and O–H groups in total. The minimum absolute atomic E-state index is 0.000493. The summed E-state index contributed by atoms with van der Waals surface area (Å²) in [5.74, 6) is 0.934. The van der Waals surface area contributed by atoms with E-state index < -0.39 is 0 Å². The van der Waals surface area contributed by atoms with Crippen LogP contribution in [0.4, 0.5) is 4.79 Å². The zero-order valence-electron chi connectivity index (χ0n) is 16.1. The highest BCUT2D eigenvalue weighted by atomic mass is 16.5. The summed E-state index contributed by atoms with van der Waals surface area (Å²) in [7, 11) is 0. The summed E-state index contributed by atoms with van der Waals surface area (Å²) in [5.41, 5.74) is 1.92. The van der Waals surface area contributed by atoms with E-state index in [2.05, 4.69) is 16.4 Å². The number of hydrogen-bond donors (Lipinski definition) is 1. The molecule has 5 rings (SSSR count). The number of benzene rings is 1. The summed E-state index contributed by atoms with van der Waals surface area (Å²) < 4.78 is 6.43. The Morgan fingerprint density at radius 2 is 1.93 bits per heavy atom. The van der Waals surface area contributed by atoms with Gasteiger partial charge in [-0.25, -0.2) is 4.79 Å². The molecule has 0 saturated heterocycles. The lowest BCUT2D eigenvalue weighted by atomic mass is 9.86. The number of pyridine rings is 1. The van der Waals surface area contributed by atoms with Gasteiger partial charge in [-0.05, 0) is 56.7 Å². The van der Waals surface area contributed by atoms with Crippen molar-refractivity contribution in [1.82, 2.24) is 15.2 Å². The Morgan fingerprint density at radius 3 is 2.68 bits per heavy atom. The van der Waals surface area contributed by atoms with Crippen LogP contribution in [0.15, 0.2) is 48.7 Å². The molecule has 0 radical (unpaired) electrons. The molecule has 1 atom stereocenters. The number of hydrogen-bond acceptors (Lipinski definition) is 3. The van der Waals surface area contributed by atoms with Gasteiger partial charge in [-0.2, -0.15) is 0 Å². The molecule has 1 unspecified atom stereocenters. The molecule has 2 fully saturated rings. The molecule has 2 saturated carbocycles. The highest BCUT2D eigenvalue weighted by molar-refractivity contribution is 5.75. The molecule has 2 aromatic rings. The first kappa shape index (κ1) is 17.5. The Hall–Kier alpha value is -2.56. The summed E-state index contributed by atoms with van der Waals surface area (Å²) in [6.45, 7) is 0.563. The fraction of sp³-hybridized carbons (Fsp3) is 0.478. The van der Waals surface area contributed by atoms with E-state index in [4.69, 9.17) is 4.74 Å². The zero-order valence-corrected chi connectivity index (χ0v) is 16.1. The van der Waals surface area contributed by atoms with E-state index in [1.165, 1.54) is 12.8 Å². The Morgan fingerprint density at radius 1 is 1.14 bits per heavy atom. The number of amides is 2. The van der Waals surface area contributed by atoms with Crippen LogP contribution in [0.25, 0.3) is 0 Å². The molecule has 2 amide bonds. The van der Waals surface area contributed by atoms with Crippen molar-refractivity contribution < 1.29 is 9.53 Å². The maximum absolute atomic E-state index is 13.3. The Bertz CT molecular complexity index is 844. The number of urea groups is 1. The summed E-state index contributed by atoms with van der Waals surface area (Å²) in [6, 6.07) is 14.4. The molecule has 5 heteroatoms. The van der Waals surface area contributed by atoms with Crippen molar-refractivity contribution in [3.05, 3.63) is 59.9 Å². The van der Waals surface area contributed by atoms with Gasteiger partial charge in [0.1, 0.15) is 11.4 Å². The summed E-state index contributed by atoms with van der Waals surface area (Å²) in [6.07, 6.45) is 9.37. The monoisotopic (exact) mass is 377 g/mol. The molecule has 28 heavy (non-hydrogen) atoms. The second kappa shape index (κ2) is 7.12. The largest absolute Gasteiger partial charge is 0.487 e. The van der Waals surface area contributed by atoms with Crippen LogP contribution in [-0.4, -0.2) is 27.6 Å². The molecule has 146 valence electrons. The van der Waals surface area contributed by atoms with Gasteiger partial charge in [-0.15, -0.1) is 0 Å². The highest BCUT2D eigenvalue weighted by Gasteiger charge is 2.44. The van der Waals surface area contributed by atoms with Crippen molar-refractivity contribution in [2.45, 2.75) is 69.2 Å². The van der Waals surface area contributed by atoms with Crippen molar-refractivity contribution in [2.24, 2.45) is 0 Å². The van der Waals surface area contributed by atoms with Crippen LogP contribution in [0.2, 0.25) is 0 Å². The number of ether oxygens (including phenoxy) is 1. The van der Waals surface area contributed by atoms with E-state index in [1.54, 1.807) is 6.20 Å². The van der Waals surface area contributed by atoms with Gasteiger partial charge in [0.25, 0.3) is 0 Å². The van der Waals surface area contributed by atoms with E-state index in [-0.39, 0.29) is 17.7 Å². The van der Waals surface area contributed by atoms with Gasteiger partial charge in [-0.3, -0.25) is 4.98 Å². The first-order chi connectivity index (χ1) is 13.7. The number of nitrogens with zero attached hydrogens (tertiary/aromatic N) is 2. The maximum Gasteiger partial charge on any atom is 0.318 e. The van der Waals surface area contributed by atoms with Crippen LogP contribution >= 0.6 is 0 Å². The molecule has 1 spiro atoms. The van der Waals surface area contributed by atoms with Crippen LogP contribution in [0.5, 0.6) is 5.75 Å². The van der Waals surface area contributed by atoms with Crippen molar-refractivity contribution >= 4 is 6.03 Å². The third-order valence-corrected chi connectivity index (χ3v) is 6.32. The van der Waals surface area contributed by atoms with E-state index in [0.717, 1.165) is 49.1 Å². The summed E-state index contributed by atoms with van der Waals surface area (Å²) >= 11 is 0. The Balaban J connectivity index is 1.37. The Kier molecular flexibility index (Phi) is 4.46. The minimum atomic E-state index is -0.113. The van der Waals surface area contributed by atoms with Gasteiger partial charge in [0.05, 0.1) is 18.3 Å².